The Bertz CT molecular complexity index is 926. The quantitative estimate of drug-likeness (QED) is 0.159. The molecule has 0 N–H and O–H groups in total. The van der Waals surface area contributed by atoms with Crippen LogP contribution in [0.5, 0.6) is 0 Å². The minimum absolute atomic E-state index is 0. The van der Waals surface area contributed by atoms with Crippen LogP contribution in [0.25, 0.3) is 20.4 Å². The van der Waals surface area contributed by atoms with E-state index < -0.39 is 0 Å². The molecule has 0 bridgehead atoms. The maximum absolute atomic E-state index is 2.36. The molecule has 4 rings (SSSR count). The molecular weight excluding hydrogens is 586 g/mol. The fraction of sp³-hybridized carbons (Fsp3) is 0.300. The Balaban J connectivity index is 0.00000121. The molecule has 0 aliphatic rings. The Hall–Kier alpha value is -0.320. The highest BCUT2D eigenvalue weighted by molar-refractivity contribution is 14.0. The number of halogens is 2. The molecule has 0 atom stereocenters. The van der Waals surface area contributed by atoms with Gasteiger partial charge in [-0.15, -0.1) is 48.0 Å². The average Bonchev–Trinajstić information content (AvgIpc) is 3.10. The van der Waals surface area contributed by atoms with Gasteiger partial charge in [-0.3, -0.25) is 0 Å². The summed E-state index contributed by atoms with van der Waals surface area (Å²) in [7, 11) is 4.39. The molecule has 2 aromatic carbocycles. The van der Waals surface area contributed by atoms with Gasteiger partial charge in [-0.2, -0.15) is 9.13 Å². The molecule has 0 aliphatic heterocycles. The largest absolute Gasteiger partial charge is 0.238 e. The molecule has 6 heteroatoms. The summed E-state index contributed by atoms with van der Waals surface area (Å²) >= 11 is 3.87. The van der Waals surface area contributed by atoms with E-state index in [1.165, 1.54) is 56.1 Å². The third-order valence-electron chi connectivity index (χ3n) is 4.69. The van der Waals surface area contributed by atoms with Crippen molar-refractivity contribution >= 4 is 91.1 Å². The fourth-order valence-electron chi connectivity index (χ4n) is 3.29. The number of aryl methyl sites for hydroxylation is 4. The van der Waals surface area contributed by atoms with Crippen molar-refractivity contribution in [3.63, 3.8) is 0 Å². The lowest BCUT2D eigenvalue weighted by atomic mass is 10.2. The molecule has 0 saturated carbocycles. The van der Waals surface area contributed by atoms with Gasteiger partial charge in [-0.05, 0) is 25.0 Å². The highest BCUT2D eigenvalue weighted by atomic mass is 127. The number of rotatable bonds is 5. The first kappa shape index (κ1) is 22.0. The maximum Gasteiger partial charge on any atom is 0.238 e. The zero-order valence-electron chi connectivity index (χ0n) is 15.0. The Kier molecular flexibility index (Phi) is 8.24. The third kappa shape index (κ3) is 4.39. The standard InChI is InChI=1S/C20H22N2S2.2HI/c1-21-15-9-3-5-11-17(15)23-19(21)13-7-8-14-20-22(2)16-10-4-6-12-18(16)24-20;;/h3-6,9-12H,7-8,13-14H2,1-2H3;2*1H/q+2;;. The number of fused-ring (bicyclic) bond motifs is 2. The summed E-state index contributed by atoms with van der Waals surface area (Å²) < 4.78 is 7.51. The predicted octanol–water partition coefficient (Wildman–Crippen LogP) is 5.57. The van der Waals surface area contributed by atoms with E-state index in [4.69, 9.17) is 0 Å². The maximum atomic E-state index is 2.36. The molecule has 4 aromatic rings. The van der Waals surface area contributed by atoms with Gasteiger partial charge in [0.2, 0.25) is 21.0 Å². The molecule has 2 heterocycles. The number of para-hydroxylation sites is 2. The number of unbranched alkanes of at least 4 members (excludes halogenated alkanes) is 1. The Morgan fingerprint density at radius 3 is 1.42 bits per heavy atom. The van der Waals surface area contributed by atoms with Crippen molar-refractivity contribution in [3.8, 4) is 0 Å². The van der Waals surface area contributed by atoms with Crippen molar-refractivity contribution in [1.82, 2.24) is 0 Å². The van der Waals surface area contributed by atoms with E-state index in [1.807, 2.05) is 22.7 Å². The first-order valence-electron chi connectivity index (χ1n) is 8.47. The first-order chi connectivity index (χ1) is 11.7. The normalized spacial score (nSPS) is 10.7. The van der Waals surface area contributed by atoms with E-state index in [0.29, 0.717) is 0 Å². The minimum Gasteiger partial charge on any atom is -0.189 e. The second-order valence-corrected chi connectivity index (χ2v) is 8.48. The number of aromatic nitrogens is 2. The van der Waals surface area contributed by atoms with Crippen LogP contribution in [0.4, 0.5) is 0 Å². The molecular formula is C20H24I2N2S2+2. The molecule has 0 spiro atoms. The molecule has 0 aliphatic carbocycles. The van der Waals surface area contributed by atoms with Gasteiger partial charge < -0.3 is 0 Å². The number of hydrogen-bond donors (Lipinski definition) is 0. The average molecular weight is 610 g/mol. The van der Waals surface area contributed by atoms with Crippen LogP contribution in [0.1, 0.15) is 22.9 Å². The molecule has 2 nitrogen and oxygen atoms in total. The number of thiazole rings is 2. The van der Waals surface area contributed by atoms with Crippen molar-refractivity contribution in [2.75, 3.05) is 0 Å². The van der Waals surface area contributed by atoms with Gasteiger partial charge in [-0.25, -0.2) is 0 Å². The Morgan fingerprint density at radius 1 is 0.654 bits per heavy atom. The fourth-order valence-corrected chi connectivity index (χ4v) is 5.67. The van der Waals surface area contributed by atoms with Crippen molar-refractivity contribution in [2.45, 2.75) is 25.7 Å². The lowest BCUT2D eigenvalue weighted by Gasteiger charge is -1.95. The van der Waals surface area contributed by atoms with Gasteiger partial charge in [0.15, 0.2) is 0 Å². The zero-order chi connectivity index (χ0) is 16.5. The van der Waals surface area contributed by atoms with Crippen LogP contribution >= 0.6 is 70.6 Å². The summed E-state index contributed by atoms with van der Waals surface area (Å²) in [6.07, 6.45) is 4.83. The summed E-state index contributed by atoms with van der Waals surface area (Å²) in [6.45, 7) is 0. The summed E-state index contributed by atoms with van der Waals surface area (Å²) in [5, 5.41) is 2.97. The second kappa shape index (κ2) is 9.75. The van der Waals surface area contributed by atoms with E-state index in [0.717, 1.165) is 0 Å². The van der Waals surface area contributed by atoms with Crippen molar-refractivity contribution in [3.05, 3.63) is 58.5 Å². The second-order valence-electron chi connectivity index (χ2n) is 6.25. The lowest BCUT2D eigenvalue weighted by Crippen LogP contribution is -2.31. The molecule has 0 unspecified atom stereocenters. The van der Waals surface area contributed by atoms with E-state index in [-0.39, 0.29) is 48.0 Å². The smallest absolute Gasteiger partial charge is 0.189 e. The highest BCUT2D eigenvalue weighted by Crippen LogP contribution is 2.23. The zero-order valence-corrected chi connectivity index (χ0v) is 21.3. The van der Waals surface area contributed by atoms with Crippen LogP contribution < -0.4 is 9.13 Å². The number of hydrogen-bond acceptors (Lipinski definition) is 2. The van der Waals surface area contributed by atoms with Crippen LogP contribution in [-0.2, 0) is 26.9 Å². The molecule has 26 heavy (non-hydrogen) atoms. The summed E-state index contributed by atoms with van der Waals surface area (Å²) in [4.78, 5) is 0. The first-order valence-corrected chi connectivity index (χ1v) is 10.1. The van der Waals surface area contributed by atoms with E-state index in [9.17, 15) is 0 Å². The Morgan fingerprint density at radius 2 is 1.04 bits per heavy atom. The van der Waals surface area contributed by atoms with E-state index in [1.54, 1.807) is 0 Å². The van der Waals surface area contributed by atoms with E-state index >= 15 is 0 Å². The van der Waals surface area contributed by atoms with Crippen molar-refractivity contribution < 1.29 is 9.13 Å². The van der Waals surface area contributed by atoms with Gasteiger partial charge in [0.1, 0.15) is 23.5 Å². The summed E-state index contributed by atoms with van der Waals surface area (Å²) in [5.74, 6) is 0. The molecule has 0 fully saturated rings. The highest BCUT2D eigenvalue weighted by Gasteiger charge is 2.18. The van der Waals surface area contributed by atoms with Gasteiger partial charge in [0, 0.05) is 25.0 Å². The van der Waals surface area contributed by atoms with Gasteiger partial charge in [0.25, 0.3) is 0 Å². The van der Waals surface area contributed by atoms with Crippen molar-refractivity contribution in [2.24, 2.45) is 14.1 Å². The SMILES string of the molecule is C[n+]1c(CCCCc2sc3ccccc3[n+]2C)sc2ccccc21.I.I. The molecule has 2 aromatic heterocycles. The Labute approximate surface area is 196 Å². The minimum atomic E-state index is 0. The predicted molar refractivity (Wildman–Crippen MR) is 133 cm³/mol. The third-order valence-corrected chi connectivity index (χ3v) is 7.25. The lowest BCUT2D eigenvalue weighted by molar-refractivity contribution is -0.648. The van der Waals surface area contributed by atoms with E-state index in [2.05, 4.69) is 71.8 Å². The van der Waals surface area contributed by atoms with Crippen LogP contribution in [0.2, 0.25) is 0 Å². The van der Waals surface area contributed by atoms with Gasteiger partial charge >= 0.3 is 0 Å². The van der Waals surface area contributed by atoms with Crippen molar-refractivity contribution in [1.29, 1.82) is 0 Å². The van der Waals surface area contributed by atoms with Gasteiger partial charge in [0.05, 0.1) is 0 Å². The molecule has 138 valence electrons. The van der Waals surface area contributed by atoms with Crippen LogP contribution in [0.15, 0.2) is 48.5 Å². The van der Waals surface area contributed by atoms with Crippen LogP contribution in [0.3, 0.4) is 0 Å². The number of benzene rings is 2. The monoisotopic (exact) mass is 610 g/mol. The van der Waals surface area contributed by atoms with Crippen LogP contribution in [0, 0.1) is 0 Å². The topological polar surface area (TPSA) is 7.76 Å². The summed E-state index contributed by atoms with van der Waals surface area (Å²) in [6, 6.07) is 17.4. The molecule has 0 saturated heterocycles. The molecule has 0 radical (unpaired) electrons. The van der Waals surface area contributed by atoms with Gasteiger partial charge in [-0.1, -0.05) is 46.9 Å². The van der Waals surface area contributed by atoms with Crippen LogP contribution in [-0.4, -0.2) is 0 Å². The number of nitrogens with zero attached hydrogens (tertiary/aromatic N) is 2. The summed E-state index contributed by atoms with van der Waals surface area (Å²) in [5.41, 5.74) is 2.71. The molecule has 0 amide bonds.